The Morgan fingerprint density at radius 2 is 2.41 bits per heavy atom. The van der Waals surface area contributed by atoms with Crippen molar-refractivity contribution in [1.29, 1.82) is 0 Å². The topological polar surface area (TPSA) is 56.9 Å². The Bertz CT molecular complexity index is 328. The van der Waals surface area contributed by atoms with Gasteiger partial charge < -0.3 is 15.6 Å². The summed E-state index contributed by atoms with van der Waals surface area (Å²) in [6, 6.07) is 2.52. The normalized spacial score (nSPS) is 20.1. The van der Waals surface area contributed by atoms with E-state index in [4.69, 9.17) is 0 Å². The quantitative estimate of drug-likeness (QED) is 0.725. The number of aromatic amines is 1. The average Bonchev–Trinajstić information content (AvgIpc) is 2.88. The molecule has 1 aromatic heterocycles. The fraction of sp³-hybridized carbons (Fsp3) is 0.615. The SMILES string of the molecule is O=C(CCC1CCCCN1)NCc1cc[nH]c1. The molecular formula is C13H21N3O. The number of amides is 1. The summed E-state index contributed by atoms with van der Waals surface area (Å²) in [5, 5.41) is 6.40. The molecule has 1 saturated heterocycles. The zero-order valence-electron chi connectivity index (χ0n) is 10.2. The second-order valence-electron chi connectivity index (χ2n) is 4.68. The standard InChI is InChI=1S/C13H21N3O/c17-13(16-10-11-6-8-14-9-11)5-4-12-3-1-2-7-15-12/h6,8-9,12,14-15H,1-5,7,10H2,(H,16,17). The number of H-pyrrole nitrogens is 1. The number of carbonyl (C=O) groups is 1. The molecule has 4 nitrogen and oxygen atoms in total. The van der Waals surface area contributed by atoms with E-state index in [1.165, 1.54) is 19.3 Å². The molecule has 1 amide bonds. The Morgan fingerprint density at radius 3 is 3.12 bits per heavy atom. The number of hydrogen-bond acceptors (Lipinski definition) is 2. The highest BCUT2D eigenvalue weighted by molar-refractivity contribution is 5.75. The number of nitrogens with one attached hydrogen (secondary N) is 3. The lowest BCUT2D eigenvalue weighted by molar-refractivity contribution is -0.121. The number of piperidine rings is 1. The van der Waals surface area contributed by atoms with Crippen LogP contribution < -0.4 is 10.6 Å². The van der Waals surface area contributed by atoms with Crippen LogP contribution in [0.2, 0.25) is 0 Å². The molecule has 1 atom stereocenters. The molecule has 1 aliphatic heterocycles. The van der Waals surface area contributed by atoms with Crippen molar-refractivity contribution in [2.75, 3.05) is 6.54 Å². The maximum Gasteiger partial charge on any atom is 0.220 e. The predicted octanol–water partition coefficient (Wildman–Crippen LogP) is 1.55. The van der Waals surface area contributed by atoms with Gasteiger partial charge in [0.2, 0.25) is 5.91 Å². The van der Waals surface area contributed by atoms with Gasteiger partial charge in [-0.05, 0) is 37.4 Å². The molecule has 1 unspecified atom stereocenters. The van der Waals surface area contributed by atoms with Gasteiger partial charge in [0, 0.05) is 31.4 Å². The molecule has 1 aliphatic rings. The van der Waals surface area contributed by atoms with Crippen LogP contribution in [0.5, 0.6) is 0 Å². The van der Waals surface area contributed by atoms with E-state index < -0.39 is 0 Å². The number of rotatable bonds is 5. The number of aromatic nitrogens is 1. The molecule has 2 rings (SSSR count). The van der Waals surface area contributed by atoms with E-state index in [0.717, 1.165) is 18.5 Å². The van der Waals surface area contributed by atoms with Crippen molar-refractivity contribution >= 4 is 5.91 Å². The lowest BCUT2D eigenvalue weighted by Gasteiger charge is -2.22. The Morgan fingerprint density at radius 1 is 1.47 bits per heavy atom. The van der Waals surface area contributed by atoms with Crippen LogP contribution in [0.1, 0.15) is 37.7 Å². The smallest absolute Gasteiger partial charge is 0.220 e. The van der Waals surface area contributed by atoms with Crippen LogP contribution in [0.25, 0.3) is 0 Å². The van der Waals surface area contributed by atoms with E-state index in [0.29, 0.717) is 19.0 Å². The molecule has 0 bridgehead atoms. The minimum atomic E-state index is 0.151. The number of hydrogen-bond donors (Lipinski definition) is 3. The van der Waals surface area contributed by atoms with E-state index in [1.54, 1.807) is 0 Å². The molecule has 1 fully saturated rings. The Hall–Kier alpha value is -1.29. The van der Waals surface area contributed by atoms with Crippen molar-refractivity contribution in [3.8, 4) is 0 Å². The van der Waals surface area contributed by atoms with E-state index in [-0.39, 0.29) is 5.91 Å². The van der Waals surface area contributed by atoms with E-state index >= 15 is 0 Å². The summed E-state index contributed by atoms with van der Waals surface area (Å²) in [7, 11) is 0. The molecule has 0 aromatic carbocycles. The third-order valence-corrected chi connectivity index (χ3v) is 3.28. The maximum absolute atomic E-state index is 11.6. The van der Waals surface area contributed by atoms with Crippen LogP contribution in [0, 0.1) is 0 Å². The minimum Gasteiger partial charge on any atom is -0.367 e. The molecule has 0 spiro atoms. The molecule has 3 N–H and O–H groups in total. The van der Waals surface area contributed by atoms with Gasteiger partial charge in [-0.2, -0.15) is 0 Å². The first-order valence-corrected chi connectivity index (χ1v) is 6.46. The van der Waals surface area contributed by atoms with E-state index in [1.807, 2.05) is 18.5 Å². The average molecular weight is 235 g/mol. The molecule has 0 radical (unpaired) electrons. The molecule has 1 aromatic rings. The molecule has 17 heavy (non-hydrogen) atoms. The summed E-state index contributed by atoms with van der Waals surface area (Å²) in [6.45, 7) is 1.73. The Kier molecular flexibility index (Phi) is 4.62. The lowest BCUT2D eigenvalue weighted by atomic mass is 10.0. The first-order valence-electron chi connectivity index (χ1n) is 6.46. The van der Waals surface area contributed by atoms with Crippen LogP contribution in [0.15, 0.2) is 18.5 Å². The Labute approximate surface area is 102 Å². The molecule has 4 heteroatoms. The monoisotopic (exact) mass is 235 g/mol. The summed E-state index contributed by atoms with van der Waals surface area (Å²) in [4.78, 5) is 14.6. The van der Waals surface area contributed by atoms with Crippen molar-refractivity contribution in [1.82, 2.24) is 15.6 Å². The molecule has 0 saturated carbocycles. The van der Waals surface area contributed by atoms with Gasteiger partial charge in [-0.25, -0.2) is 0 Å². The van der Waals surface area contributed by atoms with Crippen LogP contribution in [0.3, 0.4) is 0 Å². The van der Waals surface area contributed by atoms with Gasteiger partial charge in [-0.15, -0.1) is 0 Å². The van der Waals surface area contributed by atoms with Crippen molar-refractivity contribution < 1.29 is 4.79 Å². The zero-order valence-corrected chi connectivity index (χ0v) is 10.2. The van der Waals surface area contributed by atoms with Crippen LogP contribution in [-0.2, 0) is 11.3 Å². The summed E-state index contributed by atoms with van der Waals surface area (Å²) >= 11 is 0. The third-order valence-electron chi connectivity index (χ3n) is 3.28. The van der Waals surface area contributed by atoms with Crippen molar-refractivity contribution in [2.24, 2.45) is 0 Å². The van der Waals surface area contributed by atoms with E-state index in [2.05, 4.69) is 15.6 Å². The first kappa shape index (κ1) is 12.2. The highest BCUT2D eigenvalue weighted by Crippen LogP contribution is 2.11. The van der Waals surface area contributed by atoms with Gasteiger partial charge in [0.1, 0.15) is 0 Å². The maximum atomic E-state index is 11.6. The number of carbonyl (C=O) groups excluding carboxylic acids is 1. The highest BCUT2D eigenvalue weighted by atomic mass is 16.1. The van der Waals surface area contributed by atoms with Gasteiger partial charge in [-0.1, -0.05) is 6.42 Å². The van der Waals surface area contributed by atoms with Gasteiger partial charge in [-0.3, -0.25) is 4.79 Å². The fourth-order valence-corrected chi connectivity index (χ4v) is 2.23. The molecule has 0 aliphatic carbocycles. The second kappa shape index (κ2) is 6.45. The molecular weight excluding hydrogens is 214 g/mol. The highest BCUT2D eigenvalue weighted by Gasteiger charge is 2.13. The van der Waals surface area contributed by atoms with Gasteiger partial charge in [0.15, 0.2) is 0 Å². The minimum absolute atomic E-state index is 0.151. The largest absolute Gasteiger partial charge is 0.367 e. The van der Waals surface area contributed by atoms with Gasteiger partial charge in [0.25, 0.3) is 0 Å². The van der Waals surface area contributed by atoms with Crippen molar-refractivity contribution in [3.05, 3.63) is 24.0 Å². The predicted molar refractivity (Wildman–Crippen MR) is 67.5 cm³/mol. The molecule has 2 heterocycles. The van der Waals surface area contributed by atoms with Crippen LogP contribution in [-0.4, -0.2) is 23.5 Å². The van der Waals surface area contributed by atoms with Crippen molar-refractivity contribution in [2.45, 2.75) is 44.7 Å². The van der Waals surface area contributed by atoms with Crippen LogP contribution in [0.4, 0.5) is 0 Å². The summed E-state index contributed by atoms with van der Waals surface area (Å²) in [5.41, 5.74) is 1.12. The fourth-order valence-electron chi connectivity index (χ4n) is 2.23. The second-order valence-corrected chi connectivity index (χ2v) is 4.68. The lowest BCUT2D eigenvalue weighted by Crippen LogP contribution is -2.35. The van der Waals surface area contributed by atoms with Crippen molar-refractivity contribution in [3.63, 3.8) is 0 Å². The van der Waals surface area contributed by atoms with E-state index in [9.17, 15) is 4.79 Å². The van der Waals surface area contributed by atoms with Crippen LogP contribution >= 0.6 is 0 Å². The Balaban J connectivity index is 1.60. The third kappa shape index (κ3) is 4.23. The van der Waals surface area contributed by atoms with Gasteiger partial charge >= 0.3 is 0 Å². The van der Waals surface area contributed by atoms with Gasteiger partial charge in [0.05, 0.1) is 0 Å². The summed E-state index contributed by atoms with van der Waals surface area (Å²) < 4.78 is 0. The first-order chi connectivity index (χ1) is 8.34. The summed E-state index contributed by atoms with van der Waals surface area (Å²) in [5.74, 6) is 0.151. The zero-order chi connectivity index (χ0) is 11.9. The summed E-state index contributed by atoms with van der Waals surface area (Å²) in [6.07, 6.45) is 9.14. The molecule has 94 valence electrons.